The Bertz CT molecular complexity index is 515. The quantitative estimate of drug-likeness (QED) is 0.571. The van der Waals surface area contributed by atoms with E-state index in [4.69, 9.17) is 4.74 Å². The molecule has 0 aliphatic heterocycles. The summed E-state index contributed by atoms with van der Waals surface area (Å²) in [5, 5.41) is 0.860. The number of ether oxygens (including phenoxy) is 1. The van der Waals surface area contributed by atoms with Crippen LogP contribution in [0, 0.1) is 5.92 Å². The minimum atomic E-state index is -0.226. The SMILES string of the molecule is CC(C)C(=O)Oc1cccc2ncccc12. The molecule has 0 spiro atoms. The highest BCUT2D eigenvalue weighted by atomic mass is 16.5. The second-order valence-corrected chi connectivity index (χ2v) is 3.90. The number of fused-ring (bicyclic) bond motifs is 1. The van der Waals surface area contributed by atoms with Gasteiger partial charge in [0, 0.05) is 11.6 Å². The number of hydrogen-bond acceptors (Lipinski definition) is 3. The summed E-state index contributed by atoms with van der Waals surface area (Å²) >= 11 is 0. The molecule has 2 aromatic rings. The van der Waals surface area contributed by atoms with Crippen molar-refractivity contribution in [3.8, 4) is 5.75 Å². The first kappa shape index (κ1) is 10.6. The number of carbonyl (C=O) groups is 1. The highest BCUT2D eigenvalue weighted by Crippen LogP contribution is 2.24. The van der Waals surface area contributed by atoms with E-state index in [1.165, 1.54) is 0 Å². The summed E-state index contributed by atoms with van der Waals surface area (Å²) in [5.74, 6) is 0.215. The fourth-order valence-electron chi connectivity index (χ4n) is 1.39. The van der Waals surface area contributed by atoms with Crippen LogP contribution < -0.4 is 4.74 Å². The number of aromatic nitrogens is 1. The molecule has 2 rings (SSSR count). The topological polar surface area (TPSA) is 39.2 Å². The molecule has 0 bridgehead atoms. The van der Waals surface area contributed by atoms with Crippen LogP contribution >= 0.6 is 0 Å². The summed E-state index contributed by atoms with van der Waals surface area (Å²) in [6.07, 6.45) is 1.72. The van der Waals surface area contributed by atoms with E-state index in [0.29, 0.717) is 5.75 Å². The Morgan fingerprint density at radius 1 is 1.25 bits per heavy atom. The zero-order valence-electron chi connectivity index (χ0n) is 9.31. The molecule has 1 heterocycles. The van der Waals surface area contributed by atoms with Crippen molar-refractivity contribution in [1.29, 1.82) is 0 Å². The van der Waals surface area contributed by atoms with Gasteiger partial charge in [-0.05, 0) is 24.3 Å². The maximum absolute atomic E-state index is 11.5. The molecule has 3 heteroatoms. The van der Waals surface area contributed by atoms with Crippen LogP contribution in [-0.2, 0) is 4.79 Å². The van der Waals surface area contributed by atoms with Crippen molar-refractivity contribution in [3.05, 3.63) is 36.5 Å². The molecule has 82 valence electrons. The third-order valence-corrected chi connectivity index (χ3v) is 2.29. The summed E-state index contributed by atoms with van der Waals surface area (Å²) in [6.45, 7) is 3.62. The van der Waals surface area contributed by atoms with Crippen molar-refractivity contribution in [2.24, 2.45) is 5.92 Å². The fraction of sp³-hybridized carbons (Fsp3) is 0.231. The van der Waals surface area contributed by atoms with Crippen LogP contribution in [0.1, 0.15) is 13.8 Å². The minimum absolute atomic E-state index is 0.132. The molecule has 0 atom stereocenters. The molecule has 0 saturated heterocycles. The van der Waals surface area contributed by atoms with E-state index in [1.54, 1.807) is 12.3 Å². The van der Waals surface area contributed by atoms with Gasteiger partial charge in [-0.1, -0.05) is 19.9 Å². The Labute approximate surface area is 94.1 Å². The van der Waals surface area contributed by atoms with E-state index < -0.39 is 0 Å². The number of benzene rings is 1. The highest BCUT2D eigenvalue weighted by Gasteiger charge is 2.11. The Balaban J connectivity index is 2.41. The monoisotopic (exact) mass is 215 g/mol. The van der Waals surface area contributed by atoms with Crippen molar-refractivity contribution in [2.75, 3.05) is 0 Å². The Kier molecular flexibility index (Phi) is 2.86. The lowest BCUT2D eigenvalue weighted by Crippen LogP contribution is -2.14. The predicted molar refractivity (Wildman–Crippen MR) is 62.2 cm³/mol. The van der Waals surface area contributed by atoms with Crippen LogP contribution in [0.15, 0.2) is 36.5 Å². The molecule has 0 aliphatic rings. The lowest BCUT2D eigenvalue weighted by atomic mass is 10.2. The zero-order valence-corrected chi connectivity index (χ0v) is 9.31. The molecule has 0 saturated carbocycles. The summed E-state index contributed by atoms with van der Waals surface area (Å²) in [4.78, 5) is 15.7. The Morgan fingerprint density at radius 2 is 2.06 bits per heavy atom. The predicted octanol–water partition coefficient (Wildman–Crippen LogP) is 2.80. The third kappa shape index (κ3) is 2.03. The van der Waals surface area contributed by atoms with Gasteiger partial charge in [-0.15, -0.1) is 0 Å². The van der Waals surface area contributed by atoms with Crippen LogP contribution in [0.2, 0.25) is 0 Å². The van der Waals surface area contributed by atoms with Crippen molar-refractivity contribution >= 4 is 16.9 Å². The first-order valence-corrected chi connectivity index (χ1v) is 5.24. The van der Waals surface area contributed by atoms with E-state index in [0.717, 1.165) is 10.9 Å². The van der Waals surface area contributed by atoms with E-state index >= 15 is 0 Å². The fourth-order valence-corrected chi connectivity index (χ4v) is 1.39. The maximum atomic E-state index is 11.5. The summed E-state index contributed by atoms with van der Waals surface area (Å²) in [7, 11) is 0. The van der Waals surface area contributed by atoms with Crippen LogP contribution in [-0.4, -0.2) is 11.0 Å². The molecule has 0 aliphatic carbocycles. The largest absolute Gasteiger partial charge is 0.426 e. The van der Waals surface area contributed by atoms with Crippen LogP contribution in [0.5, 0.6) is 5.75 Å². The van der Waals surface area contributed by atoms with Crippen molar-refractivity contribution in [3.63, 3.8) is 0 Å². The van der Waals surface area contributed by atoms with E-state index in [9.17, 15) is 4.79 Å². The zero-order chi connectivity index (χ0) is 11.5. The van der Waals surface area contributed by atoms with Gasteiger partial charge in [-0.3, -0.25) is 9.78 Å². The summed E-state index contributed by atoms with van der Waals surface area (Å²) in [6, 6.07) is 9.23. The summed E-state index contributed by atoms with van der Waals surface area (Å²) in [5.41, 5.74) is 0.830. The number of rotatable bonds is 2. The lowest BCUT2D eigenvalue weighted by Gasteiger charge is -2.08. The molecule has 0 N–H and O–H groups in total. The molecule has 0 unspecified atom stereocenters. The maximum Gasteiger partial charge on any atom is 0.313 e. The number of carbonyl (C=O) groups excluding carboxylic acids is 1. The molecule has 0 radical (unpaired) electrons. The second-order valence-electron chi connectivity index (χ2n) is 3.90. The first-order valence-electron chi connectivity index (χ1n) is 5.24. The molecular formula is C13H13NO2. The molecule has 0 amide bonds. The van der Waals surface area contributed by atoms with Crippen molar-refractivity contribution in [1.82, 2.24) is 4.98 Å². The van der Waals surface area contributed by atoms with Crippen LogP contribution in [0.25, 0.3) is 10.9 Å². The second kappa shape index (κ2) is 4.31. The Hall–Kier alpha value is -1.90. The van der Waals surface area contributed by atoms with Gasteiger partial charge >= 0.3 is 5.97 Å². The van der Waals surface area contributed by atoms with Gasteiger partial charge in [-0.25, -0.2) is 0 Å². The third-order valence-electron chi connectivity index (χ3n) is 2.29. The number of hydrogen-bond donors (Lipinski definition) is 0. The van der Waals surface area contributed by atoms with Crippen molar-refractivity contribution in [2.45, 2.75) is 13.8 Å². The number of nitrogens with zero attached hydrogens (tertiary/aromatic N) is 1. The molecule has 1 aromatic heterocycles. The van der Waals surface area contributed by atoms with Gasteiger partial charge in [0.2, 0.25) is 0 Å². The molecule has 16 heavy (non-hydrogen) atoms. The van der Waals surface area contributed by atoms with Crippen LogP contribution in [0.3, 0.4) is 0 Å². The lowest BCUT2D eigenvalue weighted by molar-refractivity contribution is -0.137. The van der Waals surface area contributed by atoms with Gasteiger partial charge in [0.15, 0.2) is 0 Å². The Morgan fingerprint density at radius 3 is 2.81 bits per heavy atom. The van der Waals surface area contributed by atoms with Gasteiger partial charge in [0.05, 0.1) is 11.4 Å². The molecule has 3 nitrogen and oxygen atoms in total. The van der Waals surface area contributed by atoms with Gasteiger partial charge < -0.3 is 4.74 Å². The normalized spacial score (nSPS) is 10.7. The average molecular weight is 215 g/mol. The average Bonchev–Trinajstić information content (AvgIpc) is 2.29. The molecule has 0 fully saturated rings. The standard InChI is InChI=1S/C13H13NO2/c1-9(2)13(15)16-12-7-3-6-11-10(12)5-4-8-14-11/h3-9H,1-2H3. The van der Waals surface area contributed by atoms with E-state index in [2.05, 4.69) is 4.98 Å². The summed E-state index contributed by atoms with van der Waals surface area (Å²) < 4.78 is 5.31. The molecular weight excluding hydrogens is 202 g/mol. The molecule has 1 aromatic carbocycles. The van der Waals surface area contributed by atoms with Gasteiger partial charge in [-0.2, -0.15) is 0 Å². The minimum Gasteiger partial charge on any atom is -0.426 e. The van der Waals surface area contributed by atoms with Gasteiger partial charge in [0.25, 0.3) is 0 Å². The first-order chi connectivity index (χ1) is 7.68. The van der Waals surface area contributed by atoms with Crippen molar-refractivity contribution < 1.29 is 9.53 Å². The van der Waals surface area contributed by atoms with Gasteiger partial charge in [0.1, 0.15) is 5.75 Å². The smallest absolute Gasteiger partial charge is 0.313 e. The van der Waals surface area contributed by atoms with E-state index in [-0.39, 0.29) is 11.9 Å². The van der Waals surface area contributed by atoms with Crippen LogP contribution in [0.4, 0.5) is 0 Å². The number of esters is 1. The van der Waals surface area contributed by atoms with E-state index in [1.807, 2.05) is 38.1 Å². The number of pyridine rings is 1. The highest BCUT2D eigenvalue weighted by molar-refractivity contribution is 5.87.